The van der Waals surface area contributed by atoms with E-state index in [-0.39, 0.29) is 11.7 Å². The van der Waals surface area contributed by atoms with Gasteiger partial charge in [-0.1, -0.05) is 28.1 Å². The van der Waals surface area contributed by atoms with E-state index in [9.17, 15) is 14.3 Å². The molecule has 0 unspecified atom stereocenters. The van der Waals surface area contributed by atoms with Gasteiger partial charge in [0.25, 0.3) is 0 Å². The highest BCUT2D eigenvalue weighted by Gasteiger charge is 2.56. The van der Waals surface area contributed by atoms with Crippen molar-refractivity contribution in [2.75, 3.05) is 5.32 Å². The lowest BCUT2D eigenvalue weighted by atomic mass is 9.56. The van der Waals surface area contributed by atoms with Crippen molar-refractivity contribution in [3.05, 3.63) is 64.4 Å². The van der Waals surface area contributed by atoms with Gasteiger partial charge in [-0.2, -0.15) is 0 Å². The predicted octanol–water partition coefficient (Wildman–Crippen LogP) is 4.01. The first-order valence-corrected chi connectivity index (χ1v) is 8.16. The first-order valence-electron chi connectivity index (χ1n) is 7.36. The number of hydrogen-bond donors (Lipinski definition) is 2. The number of rotatable bonds is 3. The van der Waals surface area contributed by atoms with Gasteiger partial charge in [-0.25, -0.2) is 4.39 Å². The van der Waals surface area contributed by atoms with Crippen molar-refractivity contribution in [2.45, 2.75) is 30.8 Å². The molecule has 5 heteroatoms. The fourth-order valence-corrected chi connectivity index (χ4v) is 3.56. The molecule has 1 amide bonds. The maximum absolute atomic E-state index is 13.0. The Morgan fingerprint density at radius 3 is 2.22 bits per heavy atom. The molecule has 0 radical (unpaired) electrons. The molecular weight excluding hydrogens is 361 g/mol. The Morgan fingerprint density at radius 1 is 1.13 bits per heavy atom. The second-order valence-electron chi connectivity index (χ2n) is 6.40. The van der Waals surface area contributed by atoms with Crippen LogP contribution in [-0.4, -0.2) is 16.6 Å². The molecule has 1 fully saturated rings. The lowest BCUT2D eigenvalue weighted by Crippen LogP contribution is -2.58. The largest absolute Gasteiger partial charge is 0.390 e. The topological polar surface area (TPSA) is 49.3 Å². The van der Waals surface area contributed by atoms with E-state index in [2.05, 4.69) is 21.2 Å². The van der Waals surface area contributed by atoms with E-state index in [1.807, 2.05) is 24.3 Å². The molecule has 0 bridgehead atoms. The Kier molecular flexibility index (Phi) is 4.02. The molecule has 0 atom stereocenters. The average molecular weight is 378 g/mol. The molecule has 1 saturated carbocycles. The molecule has 0 spiro atoms. The molecule has 2 aromatic carbocycles. The number of carbonyl (C=O) groups excluding carboxylic acids is 1. The number of benzene rings is 2. The Bertz CT molecular complexity index is 718. The minimum Gasteiger partial charge on any atom is -0.390 e. The van der Waals surface area contributed by atoms with Crippen molar-refractivity contribution < 1.29 is 14.3 Å². The van der Waals surface area contributed by atoms with E-state index in [1.54, 1.807) is 6.92 Å². The van der Waals surface area contributed by atoms with Crippen LogP contribution in [0.15, 0.2) is 53.0 Å². The quantitative estimate of drug-likeness (QED) is 0.848. The van der Waals surface area contributed by atoms with Crippen LogP contribution in [-0.2, 0) is 10.2 Å². The highest BCUT2D eigenvalue weighted by molar-refractivity contribution is 9.10. The summed E-state index contributed by atoms with van der Waals surface area (Å²) in [4.78, 5) is 12.8. The molecule has 1 aliphatic carbocycles. The molecule has 120 valence electrons. The summed E-state index contributed by atoms with van der Waals surface area (Å²) in [6.45, 7) is 1.73. The van der Waals surface area contributed by atoms with E-state index < -0.39 is 11.0 Å². The molecule has 2 aromatic rings. The lowest BCUT2D eigenvalue weighted by Gasteiger charge is -2.50. The zero-order chi connectivity index (χ0) is 16.7. The molecular formula is C18H17BrFNO2. The molecule has 0 aromatic heterocycles. The SMILES string of the molecule is CC1(O)CC(C(=O)Nc2ccc(F)cc2)(c2ccc(Br)cc2)C1. The van der Waals surface area contributed by atoms with Crippen LogP contribution in [0.4, 0.5) is 10.1 Å². The van der Waals surface area contributed by atoms with Crippen LogP contribution in [0.1, 0.15) is 25.3 Å². The standard InChI is InChI=1S/C18H17BrFNO2/c1-17(23)10-18(11-17,12-2-4-13(19)5-3-12)16(22)21-15-8-6-14(20)7-9-15/h2-9,23H,10-11H2,1H3,(H,21,22). The van der Waals surface area contributed by atoms with E-state index >= 15 is 0 Å². The first kappa shape index (κ1) is 16.1. The van der Waals surface area contributed by atoms with Crippen LogP contribution >= 0.6 is 15.9 Å². The van der Waals surface area contributed by atoms with Crippen LogP contribution in [0, 0.1) is 5.82 Å². The summed E-state index contributed by atoms with van der Waals surface area (Å²) < 4.78 is 13.9. The van der Waals surface area contributed by atoms with E-state index in [1.165, 1.54) is 24.3 Å². The normalized spacial score (nSPS) is 26.4. The highest BCUT2D eigenvalue weighted by atomic mass is 79.9. The number of nitrogens with one attached hydrogen (secondary N) is 1. The molecule has 0 saturated heterocycles. The summed E-state index contributed by atoms with van der Waals surface area (Å²) in [5.41, 5.74) is -0.211. The van der Waals surface area contributed by atoms with Crippen LogP contribution < -0.4 is 5.32 Å². The van der Waals surface area contributed by atoms with Gasteiger partial charge >= 0.3 is 0 Å². The average Bonchev–Trinajstić information content (AvgIpc) is 2.47. The van der Waals surface area contributed by atoms with Gasteiger partial charge in [0.05, 0.1) is 11.0 Å². The first-order chi connectivity index (χ1) is 10.8. The lowest BCUT2D eigenvalue weighted by molar-refractivity contribution is -0.139. The van der Waals surface area contributed by atoms with Crippen LogP contribution in [0.2, 0.25) is 0 Å². The Morgan fingerprint density at radius 2 is 1.70 bits per heavy atom. The van der Waals surface area contributed by atoms with Gasteiger partial charge in [0.1, 0.15) is 5.82 Å². The van der Waals surface area contributed by atoms with Crippen LogP contribution in [0.5, 0.6) is 0 Å². The van der Waals surface area contributed by atoms with Crippen molar-refractivity contribution in [2.24, 2.45) is 0 Å². The summed E-state index contributed by atoms with van der Waals surface area (Å²) in [6, 6.07) is 13.2. The van der Waals surface area contributed by atoms with Gasteiger partial charge in [-0.3, -0.25) is 4.79 Å². The summed E-state index contributed by atoms with van der Waals surface area (Å²) in [7, 11) is 0. The zero-order valence-corrected chi connectivity index (χ0v) is 14.2. The van der Waals surface area contributed by atoms with Crippen LogP contribution in [0.25, 0.3) is 0 Å². The van der Waals surface area contributed by atoms with Gasteiger partial charge in [0.2, 0.25) is 5.91 Å². The third kappa shape index (κ3) is 3.16. The Hall–Kier alpha value is -1.72. The summed E-state index contributed by atoms with van der Waals surface area (Å²) in [5, 5.41) is 13.0. The summed E-state index contributed by atoms with van der Waals surface area (Å²) in [6.07, 6.45) is 0.712. The Balaban J connectivity index is 1.88. The third-order valence-electron chi connectivity index (χ3n) is 4.30. The fourth-order valence-electron chi connectivity index (χ4n) is 3.30. The number of anilines is 1. The van der Waals surface area contributed by atoms with Gasteiger partial charge < -0.3 is 10.4 Å². The molecule has 23 heavy (non-hydrogen) atoms. The molecule has 3 nitrogen and oxygen atoms in total. The maximum atomic E-state index is 13.0. The molecule has 3 rings (SSSR count). The number of amides is 1. The van der Waals surface area contributed by atoms with Crippen molar-refractivity contribution in [3.8, 4) is 0 Å². The maximum Gasteiger partial charge on any atom is 0.235 e. The zero-order valence-electron chi connectivity index (χ0n) is 12.6. The fraction of sp³-hybridized carbons (Fsp3) is 0.278. The third-order valence-corrected chi connectivity index (χ3v) is 4.83. The van der Waals surface area contributed by atoms with Crippen molar-refractivity contribution in [1.82, 2.24) is 0 Å². The Labute approximate surface area is 142 Å². The van der Waals surface area contributed by atoms with E-state index in [4.69, 9.17) is 0 Å². The number of hydrogen-bond acceptors (Lipinski definition) is 2. The molecule has 1 aliphatic rings. The molecule has 0 aliphatic heterocycles. The van der Waals surface area contributed by atoms with Gasteiger partial charge in [-0.05, 0) is 61.7 Å². The van der Waals surface area contributed by atoms with Crippen molar-refractivity contribution in [3.63, 3.8) is 0 Å². The van der Waals surface area contributed by atoms with E-state index in [0.717, 1.165) is 10.0 Å². The number of aliphatic hydroxyl groups is 1. The van der Waals surface area contributed by atoms with Crippen molar-refractivity contribution in [1.29, 1.82) is 0 Å². The second-order valence-corrected chi connectivity index (χ2v) is 7.32. The highest BCUT2D eigenvalue weighted by Crippen LogP contribution is 2.51. The monoisotopic (exact) mass is 377 g/mol. The molecule has 2 N–H and O–H groups in total. The minimum atomic E-state index is -0.854. The number of halogens is 2. The summed E-state index contributed by atoms with van der Waals surface area (Å²) in [5.74, 6) is -0.532. The predicted molar refractivity (Wildman–Crippen MR) is 90.7 cm³/mol. The van der Waals surface area contributed by atoms with Gasteiger partial charge in [0, 0.05) is 10.2 Å². The summed E-state index contributed by atoms with van der Waals surface area (Å²) >= 11 is 3.39. The van der Waals surface area contributed by atoms with Gasteiger partial charge in [-0.15, -0.1) is 0 Å². The van der Waals surface area contributed by atoms with Crippen molar-refractivity contribution >= 4 is 27.5 Å². The van der Waals surface area contributed by atoms with Gasteiger partial charge in [0.15, 0.2) is 0 Å². The van der Waals surface area contributed by atoms with Crippen LogP contribution in [0.3, 0.4) is 0 Å². The number of carbonyl (C=O) groups is 1. The second kappa shape index (κ2) is 5.73. The minimum absolute atomic E-state index is 0.182. The van der Waals surface area contributed by atoms with E-state index in [0.29, 0.717) is 18.5 Å². The smallest absolute Gasteiger partial charge is 0.235 e. The molecule has 0 heterocycles.